The van der Waals surface area contributed by atoms with E-state index < -0.39 is 5.97 Å². The van der Waals surface area contributed by atoms with Gasteiger partial charge in [0.1, 0.15) is 11.5 Å². The van der Waals surface area contributed by atoms with Crippen molar-refractivity contribution in [1.82, 2.24) is 0 Å². The average molecular weight is 480 g/mol. The molecule has 1 amide bonds. The molecule has 172 valence electrons. The zero-order valence-electron chi connectivity index (χ0n) is 18.8. The van der Waals surface area contributed by atoms with Gasteiger partial charge in [0.05, 0.1) is 24.1 Å². The van der Waals surface area contributed by atoms with E-state index in [1.165, 1.54) is 7.11 Å². The molecule has 3 aromatic carbocycles. The summed E-state index contributed by atoms with van der Waals surface area (Å²) in [5, 5.41) is 0. The largest absolute Gasteiger partial charge is 0.465 e. The number of rotatable bonds is 5. The van der Waals surface area contributed by atoms with Crippen molar-refractivity contribution in [3.05, 3.63) is 120 Å². The van der Waals surface area contributed by atoms with Crippen molar-refractivity contribution in [3.63, 3.8) is 0 Å². The molecular formula is C29H21NO4S. The fourth-order valence-electron chi connectivity index (χ4n) is 3.96. The number of thiol groups is 1. The molecule has 0 radical (unpaired) electrons. The Morgan fingerprint density at radius 2 is 1.60 bits per heavy atom. The summed E-state index contributed by atoms with van der Waals surface area (Å²) in [6.45, 7) is 0. The number of para-hydroxylation sites is 1. The van der Waals surface area contributed by atoms with E-state index in [4.69, 9.17) is 9.15 Å². The molecule has 4 aromatic rings. The molecule has 2 heterocycles. The maximum Gasteiger partial charge on any atom is 0.337 e. The first kappa shape index (κ1) is 22.5. The Kier molecular flexibility index (Phi) is 6.12. The molecule has 0 fully saturated rings. The summed E-state index contributed by atoms with van der Waals surface area (Å²) in [5.74, 6) is 0.619. The van der Waals surface area contributed by atoms with Crippen molar-refractivity contribution in [2.45, 2.75) is 4.90 Å². The van der Waals surface area contributed by atoms with E-state index in [0.717, 1.165) is 16.8 Å². The summed E-state index contributed by atoms with van der Waals surface area (Å²) in [5.41, 5.74) is 4.18. The quantitative estimate of drug-likeness (QED) is 0.202. The van der Waals surface area contributed by atoms with Gasteiger partial charge in [0.2, 0.25) is 0 Å². The van der Waals surface area contributed by atoms with Crippen molar-refractivity contribution in [2.24, 2.45) is 0 Å². The molecule has 0 atom stereocenters. The maximum absolute atomic E-state index is 13.5. The van der Waals surface area contributed by atoms with E-state index in [1.54, 1.807) is 35.2 Å². The van der Waals surface area contributed by atoms with Crippen LogP contribution >= 0.6 is 12.6 Å². The van der Waals surface area contributed by atoms with Crippen LogP contribution in [-0.2, 0) is 9.53 Å². The van der Waals surface area contributed by atoms with E-state index in [-0.39, 0.29) is 5.91 Å². The molecule has 6 heteroatoms. The van der Waals surface area contributed by atoms with Gasteiger partial charge >= 0.3 is 5.97 Å². The van der Waals surface area contributed by atoms with Crippen LogP contribution in [0.3, 0.4) is 0 Å². The van der Waals surface area contributed by atoms with Gasteiger partial charge in [-0.25, -0.2) is 4.79 Å². The molecule has 1 aliphatic rings. The zero-order valence-corrected chi connectivity index (χ0v) is 19.7. The number of carbonyl (C=O) groups excluding carboxylic acids is 2. The van der Waals surface area contributed by atoms with E-state index in [0.29, 0.717) is 33.2 Å². The number of methoxy groups -OCH3 is 1. The van der Waals surface area contributed by atoms with Crippen LogP contribution in [0.1, 0.15) is 21.7 Å². The van der Waals surface area contributed by atoms with Gasteiger partial charge in [-0.2, -0.15) is 0 Å². The van der Waals surface area contributed by atoms with E-state index in [1.807, 2.05) is 72.8 Å². The number of benzene rings is 3. The number of amides is 1. The summed E-state index contributed by atoms with van der Waals surface area (Å²) in [7, 11) is 1.35. The SMILES string of the molecule is COC(=O)c1ccc(-c2ccc(/C=C3\C=C(c4ccccc4)N(c4ccccc4S)C3=O)o2)cc1. The summed E-state index contributed by atoms with van der Waals surface area (Å²) in [4.78, 5) is 27.6. The van der Waals surface area contributed by atoms with Gasteiger partial charge in [0, 0.05) is 16.0 Å². The fraction of sp³-hybridized carbons (Fsp3) is 0.0345. The molecule has 35 heavy (non-hydrogen) atoms. The average Bonchev–Trinajstić information content (AvgIpc) is 3.49. The lowest BCUT2D eigenvalue weighted by Gasteiger charge is -2.22. The Hall–Kier alpha value is -4.29. The summed E-state index contributed by atoms with van der Waals surface area (Å²) in [6.07, 6.45) is 3.60. The van der Waals surface area contributed by atoms with Gasteiger partial charge < -0.3 is 9.15 Å². The maximum atomic E-state index is 13.5. The lowest BCUT2D eigenvalue weighted by Crippen LogP contribution is -2.25. The number of hydrogen-bond donors (Lipinski definition) is 1. The van der Waals surface area contributed by atoms with Gasteiger partial charge in [0.15, 0.2) is 0 Å². The van der Waals surface area contributed by atoms with Gasteiger partial charge in [-0.3, -0.25) is 9.69 Å². The molecule has 0 saturated carbocycles. The van der Waals surface area contributed by atoms with E-state index in [9.17, 15) is 9.59 Å². The van der Waals surface area contributed by atoms with Crippen LogP contribution in [0, 0.1) is 0 Å². The minimum Gasteiger partial charge on any atom is -0.465 e. The number of furan rings is 1. The van der Waals surface area contributed by atoms with Crippen LogP contribution < -0.4 is 4.90 Å². The van der Waals surface area contributed by atoms with Crippen molar-refractivity contribution < 1.29 is 18.7 Å². The van der Waals surface area contributed by atoms with E-state index in [2.05, 4.69) is 12.6 Å². The topological polar surface area (TPSA) is 59.8 Å². The van der Waals surface area contributed by atoms with Crippen LogP contribution in [-0.4, -0.2) is 19.0 Å². The number of ether oxygens (including phenoxy) is 1. The molecule has 0 aliphatic carbocycles. The number of anilines is 1. The second kappa shape index (κ2) is 9.52. The number of esters is 1. The molecular weight excluding hydrogens is 458 g/mol. The minimum atomic E-state index is -0.394. The third-order valence-electron chi connectivity index (χ3n) is 5.69. The molecule has 0 unspecified atom stereocenters. The smallest absolute Gasteiger partial charge is 0.337 e. The highest BCUT2D eigenvalue weighted by Gasteiger charge is 2.31. The molecule has 0 saturated heterocycles. The Morgan fingerprint density at radius 1 is 0.886 bits per heavy atom. The normalized spacial score (nSPS) is 14.3. The summed E-state index contributed by atoms with van der Waals surface area (Å²) >= 11 is 4.58. The van der Waals surface area contributed by atoms with Crippen LogP contribution in [0.5, 0.6) is 0 Å². The van der Waals surface area contributed by atoms with Crippen LogP contribution in [0.15, 0.2) is 112 Å². The molecule has 1 aliphatic heterocycles. The first-order chi connectivity index (χ1) is 17.0. The highest BCUT2D eigenvalue weighted by Crippen LogP contribution is 2.38. The Morgan fingerprint density at radius 3 is 2.31 bits per heavy atom. The first-order valence-corrected chi connectivity index (χ1v) is 11.4. The van der Waals surface area contributed by atoms with Crippen LogP contribution in [0.2, 0.25) is 0 Å². The number of nitrogens with zero attached hydrogens (tertiary/aromatic N) is 1. The number of carbonyl (C=O) groups is 2. The predicted molar refractivity (Wildman–Crippen MR) is 139 cm³/mol. The highest BCUT2D eigenvalue weighted by atomic mass is 32.1. The standard InChI is InChI=1S/C29H21NO4S/c1-33-29(32)21-13-11-20(12-14-21)26-16-15-23(34-26)17-22-18-25(19-7-3-2-4-8-19)30(28(22)31)24-9-5-6-10-27(24)35/h2-18,35H,1H3/b22-17+. The molecule has 0 N–H and O–H groups in total. The fourth-order valence-corrected chi connectivity index (χ4v) is 4.22. The van der Waals surface area contributed by atoms with Crippen LogP contribution in [0.4, 0.5) is 5.69 Å². The van der Waals surface area contributed by atoms with Crippen molar-refractivity contribution in [3.8, 4) is 11.3 Å². The molecule has 0 bridgehead atoms. The summed E-state index contributed by atoms with van der Waals surface area (Å²) in [6, 6.07) is 27.9. The first-order valence-electron chi connectivity index (χ1n) is 10.9. The van der Waals surface area contributed by atoms with Crippen molar-refractivity contribution >= 4 is 42.0 Å². The van der Waals surface area contributed by atoms with Gasteiger partial charge in [-0.15, -0.1) is 12.6 Å². The van der Waals surface area contributed by atoms with Crippen molar-refractivity contribution in [1.29, 1.82) is 0 Å². The zero-order chi connectivity index (χ0) is 24.4. The molecule has 5 rings (SSSR count). The third-order valence-corrected chi connectivity index (χ3v) is 6.07. The minimum absolute atomic E-state index is 0.161. The summed E-state index contributed by atoms with van der Waals surface area (Å²) < 4.78 is 10.7. The van der Waals surface area contributed by atoms with Crippen molar-refractivity contribution in [2.75, 3.05) is 12.0 Å². The second-order valence-corrected chi connectivity index (χ2v) is 8.38. The lowest BCUT2D eigenvalue weighted by atomic mass is 10.1. The highest BCUT2D eigenvalue weighted by molar-refractivity contribution is 7.80. The second-order valence-electron chi connectivity index (χ2n) is 7.90. The monoisotopic (exact) mass is 479 g/mol. The van der Waals surface area contributed by atoms with Crippen LogP contribution in [0.25, 0.3) is 23.1 Å². The van der Waals surface area contributed by atoms with Gasteiger partial charge in [-0.1, -0.05) is 54.6 Å². The third kappa shape index (κ3) is 4.44. The van der Waals surface area contributed by atoms with Gasteiger partial charge in [0.25, 0.3) is 5.91 Å². The Labute approximate surface area is 208 Å². The van der Waals surface area contributed by atoms with E-state index >= 15 is 0 Å². The lowest BCUT2D eigenvalue weighted by molar-refractivity contribution is -0.113. The van der Waals surface area contributed by atoms with Gasteiger partial charge in [-0.05, 0) is 54.1 Å². The Bertz CT molecular complexity index is 1470. The molecule has 5 nitrogen and oxygen atoms in total. The molecule has 1 aromatic heterocycles. The number of hydrogen-bond acceptors (Lipinski definition) is 5. The Balaban J connectivity index is 1.50. The predicted octanol–water partition coefficient (Wildman–Crippen LogP) is 6.49. The molecule has 0 spiro atoms.